The molecule has 0 aliphatic rings. The molecule has 4 heteroatoms. The molecule has 2 aromatic carbocycles. The van der Waals surface area contributed by atoms with Gasteiger partial charge in [0.1, 0.15) is 5.75 Å². The minimum atomic E-state index is -0.00856. The van der Waals surface area contributed by atoms with Crippen molar-refractivity contribution in [1.29, 1.82) is 0 Å². The van der Waals surface area contributed by atoms with Crippen LogP contribution in [0.2, 0.25) is 0 Å². The van der Waals surface area contributed by atoms with Crippen LogP contribution in [-0.4, -0.2) is 12.5 Å². The van der Waals surface area contributed by atoms with Gasteiger partial charge < -0.3 is 10.1 Å². The molecule has 0 fully saturated rings. The van der Waals surface area contributed by atoms with Gasteiger partial charge in [0.2, 0.25) is 5.91 Å². The lowest BCUT2D eigenvalue weighted by Gasteiger charge is -2.09. The molecule has 0 aliphatic carbocycles. The van der Waals surface area contributed by atoms with Crippen LogP contribution in [0, 0.1) is 0 Å². The number of anilines is 1. The van der Waals surface area contributed by atoms with Gasteiger partial charge in [-0.25, -0.2) is 0 Å². The fraction of sp³-hybridized carbons (Fsp3) is 0.519. The van der Waals surface area contributed by atoms with Crippen LogP contribution in [-0.2, 0) is 16.5 Å². The number of hydrogen-bond acceptors (Lipinski definition) is 2. The number of nitrogens with one attached hydrogen (secondary N) is 1. The van der Waals surface area contributed by atoms with Crippen LogP contribution in [0.4, 0.5) is 5.69 Å². The molecule has 0 spiro atoms. The second kappa shape index (κ2) is 15.9. The second-order valence-corrected chi connectivity index (χ2v) is 8.79. The summed E-state index contributed by atoms with van der Waals surface area (Å²) >= 11 is 3.44. The number of carbonyl (C=O) groups is 1. The number of rotatable bonds is 16. The minimum absolute atomic E-state index is 0.00856. The van der Waals surface area contributed by atoms with Crippen LogP contribution in [0.25, 0.3) is 0 Å². The third-order valence-electron chi connectivity index (χ3n) is 5.42. The first kappa shape index (κ1) is 25.5. The molecule has 3 nitrogen and oxygen atoms in total. The molecular formula is C27H38BrNO2. The Bertz CT molecular complexity index is 745. The van der Waals surface area contributed by atoms with Crippen LogP contribution in [0.3, 0.4) is 0 Å². The SMILES string of the molecule is CCCCCCCCCCCCOc1ccc(CC(=O)Nc2cccc(CBr)c2)cc1. The van der Waals surface area contributed by atoms with Gasteiger partial charge in [0.25, 0.3) is 0 Å². The van der Waals surface area contributed by atoms with Crippen molar-refractivity contribution >= 4 is 27.5 Å². The highest BCUT2D eigenvalue weighted by Gasteiger charge is 2.05. The maximum Gasteiger partial charge on any atom is 0.228 e. The number of halogens is 1. The molecule has 0 radical (unpaired) electrons. The molecule has 0 aliphatic heterocycles. The fourth-order valence-corrected chi connectivity index (χ4v) is 3.95. The Balaban J connectivity index is 1.56. The van der Waals surface area contributed by atoms with Gasteiger partial charge in [0.15, 0.2) is 0 Å². The molecule has 0 atom stereocenters. The molecule has 0 bridgehead atoms. The average Bonchev–Trinajstić information content (AvgIpc) is 2.78. The standard InChI is InChI=1S/C27H38BrNO2/c1-2-3-4-5-6-7-8-9-10-11-19-31-26-17-15-23(16-18-26)21-27(30)29-25-14-12-13-24(20-25)22-28/h12-18,20H,2-11,19,21-22H2,1H3,(H,29,30). The number of unbranched alkanes of at least 4 members (excludes halogenated alkanes) is 9. The number of benzene rings is 2. The zero-order chi connectivity index (χ0) is 22.2. The number of alkyl halides is 1. The molecule has 2 aromatic rings. The predicted molar refractivity (Wildman–Crippen MR) is 135 cm³/mol. The molecule has 1 N–H and O–H groups in total. The molecule has 2 rings (SSSR count). The topological polar surface area (TPSA) is 38.3 Å². The van der Waals surface area contributed by atoms with Crippen molar-refractivity contribution in [3.05, 3.63) is 59.7 Å². The van der Waals surface area contributed by atoms with E-state index in [0.717, 1.165) is 40.9 Å². The third kappa shape index (κ3) is 11.4. The molecule has 0 heterocycles. The summed E-state index contributed by atoms with van der Waals surface area (Å²) in [5, 5.41) is 3.74. The van der Waals surface area contributed by atoms with Gasteiger partial charge in [-0.2, -0.15) is 0 Å². The summed E-state index contributed by atoms with van der Waals surface area (Å²) in [4.78, 5) is 12.3. The lowest BCUT2D eigenvalue weighted by atomic mass is 10.1. The number of carbonyl (C=O) groups excluding carboxylic acids is 1. The summed E-state index contributed by atoms with van der Waals surface area (Å²) in [6.07, 6.45) is 13.6. The van der Waals surface area contributed by atoms with Crippen LogP contribution in [0.15, 0.2) is 48.5 Å². The van der Waals surface area contributed by atoms with E-state index in [9.17, 15) is 4.79 Å². The smallest absolute Gasteiger partial charge is 0.228 e. The fourth-order valence-electron chi connectivity index (χ4n) is 3.61. The van der Waals surface area contributed by atoms with E-state index in [1.807, 2.05) is 48.5 Å². The average molecular weight is 489 g/mol. The molecular weight excluding hydrogens is 450 g/mol. The first-order valence-electron chi connectivity index (χ1n) is 11.9. The van der Waals surface area contributed by atoms with Crippen LogP contribution in [0.1, 0.15) is 82.3 Å². The highest BCUT2D eigenvalue weighted by atomic mass is 79.9. The number of amides is 1. The Morgan fingerprint density at radius 3 is 2.13 bits per heavy atom. The summed E-state index contributed by atoms with van der Waals surface area (Å²) in [6, 6.07) is 15.7. The van der Waals surface area contributed by atoms with E-state index in [0.29, 0.717) is 6.42 Å². The van der Waals surface area contributed by atoms with Gasteiger partial charge in [0, 0.05) is 11.0 Å². The van der Waals surface area contributed by atoms with Gasteiger partial charge in [-0.3, -0.25) is 4.79 Å². The highest BCUT2D eigenvalue weighted by molar-refractivity contribution is 9.08. The highest BCUT2D eigenvalue weighted by Crippen LogP contribution is 2.16. The van der Waals surface area contributed by atoms with Crippen molar-refractivity contribution in [2.45, 2.75) is 82.9 Å². The summed E-state index contributed by atoms with van der Waals surface area (Å²) in [7, 11) is 0. The van der Waals surface area contributed by atoms with Gasteiger partial charge in [-0.15, -0.1) is 0 Å². The van der Waals surface area contributed by atoms with Crippen molar-refractivity contribution in [3.8, 4) is 5.75 Å². The summed E-state index contributed by atoms with van der Waals surface area (Å²) in [5.74, 6) is 0.871. The monoisotopic (exact) mass is 487 g/mol. The van der Waals surface area contributed by atoms with Crippen LogP contribution < -0.4 is 10.1 Å². The third-order valence-corrected chi connectivity index (χ3v) is 6.07. The zero-order valence-corrected chi connectivity index (χ0v) is 20.6. The summed E-state index contributed by atoms with van der Waals surface area (Å²) in [6.45, 7) is 3.03. The molecule has 0 saturated heterocycles. The van der Waals surface area contributed by atoms with Crippen molar-refractivity contribution < 1.29 is 9.53 Å². The lowest BCUT2D eigenvalue weighted by Crippen LogP contribution is -2.14. The first-order chi connectivity index (χ1) is 15.2. The molecule has 1 amide bonds. The van der Waals surface area contributed by atoms with E-state index >= 15 is 0 Å². The van der Waals surface area contributed by atoms with Crippen LogP contribution in [0.5, 0.6) is 5.75 Å². The van der Waals surface area contributed by atoms with Gasteiger partial charge in [0.05, 0.1) is 13.0 Å². The van der Waals surface area contributed by atoms with E-state index < -0.39 is 0 Å². The molecule has 170 valence electrons. The largest absolute Gasteiger partial charge is 0.494 e. The molecule has 31 heavy (non-hydrogen) atoms. The lowest BCUT2D eigenvalue weighted by molar-refractivity contribution is -0.115. The Morgan fingerprint density at radius 1 is 0.839 bits per heavy atom. The van der Waals surface area contributed by atoms with Gasteiger partial charge >= 0.3 is 0 Å². The van der Waals surface area contributed by atoms with E-state index in [-0.39, 0.29) is 5.91 Å². The van der Waals surface area contributed by atoms with Crippen molar-refractivity contribution in [3.63, 3.8) is 0 Å². The van der Waals surface area contributed by atoms with Gasteiger partial charge in [-0.1, -0.05) is 105 Å². The van der Waals surface area contributed by atoms with Gasteiger partial charge in [-0.05, 0) is 41.8 Å². The van der Waals surface area contributed by atoms with Crippen molar-refractivity contribution in [1.82, 2.24) is 0 Å². The molecule has 0 aromatic heterocycles. The number of ether oxygens (including phenoxy) is 1. The van der Waals surface area contributed by atoms with E-state index in [2.05, 4.69) is 28.2 Å². The Labute approximate surface area is 197 Å². The Kier molecular flexibility index (Phi) is 13.1. The first-order valence-corrected chi connectivity index (χ1v) is 13.0. The molecule has 0 unspecified atom stereocenters. The quantitative estimate of drug-likeness (QED) is 0.192. The zero-order valence-electron chi connectivity index (χ0n) is 19.0. The number of hydrogen-bond donors (Lipinski definition) is 1. The molecule has 0 saturated carbocycles. The Hall–Kier alpha value is -1.81. The summed E-state index contributed by atoms with van der Waals surface area (Å²) < 4.78 is 5.85. The summed E-state index contributed by atoms with van der Waals surface area (Å²) in [5.41, 5.74) is 2.96. The van der Waals surface area contributed by atoms with Crippen molar-refractivity contribution in [2.75, 3.05) is 11.9 Å². The van der Waals surface area contributed by atoms with Crippen molar-refractivity contribution in [2.24, 2.45) is 0 Å². The Morgan fingerprint density at radius 2 is 1.48 bits per heavy atom. The van der Waals surface area contributed by atoms with E-state index in [1.165, 1.54) is 57.8 Å². The minimum Gasteiger partial charge on any atom is -0.494 e. The van der Waals surface area contributed by atoms with E-state index in [4.69, 9.17) is 4.74 Å². The second-order valence-electron chi connectivity index (χ2n) is 8.23. The predicted octanol–water partition coefficient (Wildman–Crippen LogP) is 8.06. The van der Waals surface area contributed by atoms with E-state index in [1.54, 1.807) is 0 Å². The maximum atomic E-state index is 12.3. The van der Waals surface area contributed by atoms with Crippen LogP contribution >= 0.6 is 15.9 Å². The maximum absolute atomic E-state index is 12.3. The normalized spacial score (nSPS) is 10.8.